The van der Waals surface area contributed by atoms with Crippen LogP contribution in [0, 0.1) is 0 Å². The average Bonchev–Trinajstić information content (AvgIpc) is 2.43. The molecule has 1 unspecified atom stereocenters. The van der Waals surface area contributed by atoms with Gasteiger partial charge >= 0.3 is 41.7 Å². The quantitative estimate of drug-likeness (QED) is 0.558. The zero-order valence-electron chi connectivity index (χ0n) is 11.9. The molecule has 158 valence electrons. The minimum Gasteiger partial charge on any atom is -0.387 e. The average molecular weight is 428 g/mol. The standard InChI is InChI=1S/C10H7F15O/c1-2-3(26)4(11,12)5(13,14)6(15,16)7(17,18)8(19,20)9(21,22)10(23,24)25/h3,26H,2H2,1H3. The molecule has 0 saturated carbocycles. The predicted octanol–water partition coefficient (Wildman–Crippen LogP) is 5.13. The molecule has 16 heteroatoms. The Morgan fingerprint density at radius 2 is 0.808 bits per heavy atom. The van der Waals surface area contributed by atoms with Crippen LogP contribution in [0.1, 0.15) is 13.3 Å². The molecule has 0 fully saturated rings. The van der Waals surface area contributed by atoms with Gasteiger partial charge in [0.15, 0.2) is 0 Å². The Kier molecular flexibility index (Phi) is 5.96. The number of hydrogen-bond acceptors (Lipinski definition) is 1. The lowest BCUT2D eigenvalue weighted by Gasteiger charge is -2.42. The van der Waals surface area contributed by atoms with Crippen molar-refractivity contribution in [2.45, 2.75) is 61.2 Å². The summed E-state index contributed by atoms with van der Waals surface area (Å²) in [5.74, 6) is -47.0. The molecule has 0 radical (unpaired) electrons. The lowest BCUT2D eigenvalue weighted by Crippen LogP contribution is -2.73. The second-order valence-corrected chi connectivity index (χ2v) is 4.92. The van der Waals surface area contributed by atoms with Gasteiger partial charge in [0.1, 0.15) is 6.10 Å². The monoisotopic (exact) mass is 428 g/mol. The number of hydrogen-bond donors (Lipinski definition) is 1. The van der Waals surface area contributed by atoms with Gasteiger partial charge in [-0.2, -0.15) is 65.9 Å². The van der Waals surface area contributed by atoms with E-state index in [1.54, 1.807) is 0 Å². The lowest BCUT2D eigenvalue weighted by molar-refractivity contribution is -0.455. The van der Waals surface area contributed by atoms with Crippen LogP contribution in [0.25, 0.3) is 0 Å². The summed E-state index contributed by atoms with van der Waals surface area (Å²) in [7, 11) is 0. The molecule has 0 spiro atoms. The van der Waals surface area contributed by atoms with Gasteiger partial charge in [0, 0.05) is 0 Å². The normalized spacial score (nSPS) is 17.4. The van der Waals surface area contributed by atoms with Gasteiger partial charge in [-0.3, -0.25) is 0 Å². The van der Waals surface area contributed by atoms with E-state index in [1.165, 1.54) is 0 Å². The molecule has 1 nitrogen and oxygen atoms in total. The molecule has 0 bridgehead atoms. The third kappa shape index (κ3) is 2.96. The van der Waals surface area contributed by atoms with Crippen LogP contribution in [0.15, 0.2) is 0 Å². The Morgan fingerprint density at radius 1 is 0.538 bits per heavy atom. The van der Waals surface area contributed by atoms with Crippen molar-refractivity contribution in [1.29, 1.82) is 0 Å². The molecule has 0 aliphatic carbocycles. The van der Waals surface area contributed by atoms with Crippen LogP contribution < -0.4 is 0 Å². The molecule has 26 heavy (non-hydrogen) atoms. The van der Waals surface area contributed by atoms with Gasteiger partial charge in [0.05, 0.1) is 0 Å². The van der Waals surface area contributed by atoms with Crippen molar-refractivity contribution in [3.05, 3.63) is 0 Å². The van der Waals surface area contributed by atoms with Crippen molar-refractivity contribution in [3.63, 3.8) is 0 Å². The maximum Gasteiger partial charge on any atom is 0.460 e. The lowest BCUT2D eigenvalue weighted by atomic mass is 9.89. The molecular weight excluding hydrogens is 421 g/mol. The zero-order chi connectivity index (χ0) is 21.8. The fourth-order valence-corrected chi connectivity index (χ4v) is 1.44. The first-order valence-corrected chi connectivity index (χ1v) is 6.00. The van der Waals surface area contributed by atoms with Gasteiger partial charge in [-0.05, 0) is 6.42 Å². The predicted molar refractivity (Wildman–Crippen MR) is 52.0 cm³/mol. The molecule has 1 atom stereocenters. The molecule has 0 aliphatic rings. The Labute approximate surface area is 133 Å². The van der Waals surface area contributed by atoms with Crippen LogP contribution in [-0.4, -0.2) is 52.9 Å². The first-order chi connectivity index (χ1) is 11.0. The van der Waals surface area contributed by atoms with Crippen molar-refractivity contribution in [1.82, 2.24) is 0 Å². The Morgan fingerprint density at radius 3 is 1.08 bits per heavy atom. The summed E-state index contributed by atoms with van der Waals surface area (Å²) in [6, 6.07) is 0. The van der Waals surface area contributed by atoms with Crippen LogP contribution in [0.3, 0.4) is 0 Å². The number of halogens is 15. The molecule has 0 amide bonds. The topological polar surface area (TPSA) is 20.2 Å². The Balaban J connectivity index is 6.51. The number of aliphatic hydroxyl groups is 1. The SMILES string of the molecule is CCC(O)C(F)(F)C(F)(F)C(F)(F)C(F)(F)C(F)(F)C(F)(F)C(F)(F)F. The van der Waals surface area contributed by atoms with E-state index in [0.29, 0.717) is 6.92 Å². The van der Waals surface area contributed by atoms with Crippen LogP contribution in [0.4, 0.5) is 65.9 Å². The van der Waals surface area contributed by atoms with Crippen molar-refractivity contribution in [2.24, 2.45) is 0 Å². The van der Waals surface area contributed by atoms with E-state index in [9.17, 15) is 65.9 Å². The van der Waals surface area contributed by atoms with E-state index >= 15 is 0 Å². The smallest absolute Gasteiger partial charge is 0.387 e. The summed E-state index contributed by atoms with van der Waals surface area (Å²) < 4.78 is 191. The first kappa shape index (κ1) is 24.9. The van der Waals surface area contributed by atoms with Gasteiger partial charge in [-0.15, -0.1) is 0 Å². The molecule has 0 aromatic heterocycles. The summed E-state index contributed by atoms with van der Waals surface area (Å²) in [5, 5.41) is 8.52. The van der Waals surface area contributed by atoms with Crippen molar-refractivity contribution < 1.29 is 71.0 Å². The number of aliphatic hydroxyl groups excluding tert-OH is 1. The maximum absolute atomic E-state index is 13.1. The highest BCUT2D eigenvalue weighted by Crippen LogP contribution is 2.62. The molecule has 0 aromatic carbocycles. The number of rotatable bonds is 7. The summed E-state index contributed by atoms with van der Waals surface area (Å²) in [4.78, 5) is 0. The largest absolute Gasteiger partial charge is 0.460 e. The van der Waals surface area contributed by atoms with Gasteiger partial charge in [-0.1, -0.05) is 6.92 Å². The van der Waals surface area contributed by atoms with Gasteiger partial charge < -0.3 is 5.11 Å². The molecule has 0 aliphatic heterocycles. The van der Waals surface area contributed by atoms with Gasteiger partial charge in [0.2, 0.25) is 0 Å². The van der Waals surface area contributed by atoms with Crippen molar-refractivity contribution in [3.8, 4) is 0 Å². The van der Waals surface area contributed by atoms with Crippen LogP contribution in [-0.2, 0) is 0 Å². The van der Waals surface area contributed by atoms with Crippen LogP contribution in [0.5, 0.6) is 0 Å². The first-order valence-electron chi connectivity index (χ1n) is 6.00. The third-order valence-corrected chi connectivity index (χ3v) is 3.16. The van der Waals surface area contributed by atoms with E-state index in [1.807, 2.05) is 0 Å². The fraction of sp³-hybridized carbons (Fsp3) is 1.00. The minimum absolute atomic E-state index is 0.428. The molecule has 0 aromatic rings. The maximum atomic E-state index is 13.1. The van der Waals surface area contributed by atoms with E-state index in [2.05, 4.69) is 0 Å². The minimum atomic E-state index is -8.32. The molecule has 0 saturated heterocycles. The highest BCUT2D eigenvalue weighted by molar-refractivity contribution is 5.13. The zero-order valence-corrected chi connectivity index (χ0v) is 11.9. The van der Waals surface area contributed by atoms with E-state index in [4.69, 9.17) is 5.11 Å². The van der Waals surface area contributed by atoms with Crippen molar-refractivity contribution >= 4 is 0 Å². The van der Waals surface area contributed by atoms with Crippen LogP contribution >= 0.6 is 0 Å². The number of alkyl halides is 15. The molecular formula is C10H7F15O. The highest BCUT2D eigenvalue weighted by atomic mass is 19.4. The van der Waals surface area contributed by atoms with E-state index in [0.717, 1.165) is 0 Å². The summed E-state index contributed by atoms with van der Waals surface area (Å²) in [6.07, 6.45) is -13.0. The summed E-state index contributed by atoms with van der Waals surface area (Å²) >= 11 is 0. The highest BCUT2D eigenvalue weighted by Gasteiger charge is 2.93. The Hall–Kier alpha value is -1.09. The van der Waals surface area contributed by atoms with Crippen molar-refractivity contribution in [2.75, 3.05) is 0 Å². The third-order valence-electron chi connectivity index (χ3n) is 3.16. The molecule has 0 rings (SSSR count). The molecule has 0 heterocycles. The summed E-state index contributed by atoms with van der Waals surface area (Å²) in [6.45, 7) is 0.428. The van der Waals surface area contributed by atoms with E-state index in [-0.39, 0.29) is 0 Å². The molecule has 1 N–H and O–H groups in total. The van der Waals surface area contributed by atoms with Crippen LogP contribution in [0.2, 0.25) is 0 Å². The summed E-state index contributed by atoms with van der Waals surface area (Å²) in [5.41, 5.74) is 0. The van der Waals surface area contributed by atoms with E-state index < -0.39 is 54.2 Å². The Bertz CT molecular complexity index is 505. The van der Waals surface area contributed by atoms with Gasteiger partial charge in [-0.25, -0.2) is 0 Å². The van der Waals surface area contributed by atoms with Gasteiger partial charge in [0.25, 0.3) is 0 Å². The second-order valence-electron chi connectivity index (χ2n) is 4.92. The second kappa shape index (κ2) is 6.22. The fourth-order valence-electron chi connectivity index (χ4n) is 1.44.